The molecule has 0 saturated heterocycles. The van der Waals surface area contributed by atoms with Crippen LogP contribution in [0.3, 0.4) is 0 Å². The third-order valence-electron chi connectivity index (χ3n) is 2.59. The van der Waals surface area contributed by atoms with Gasteiger partial charge in [0, 0.05) is 10.7 Å². The van der Waals surface area contributed by atoms with Gasteiger partial charge in [-0.15, -0.1) is 0 Å². The highest BCUT2D eigenvalue weighted by molar-refractivity contribution is 9.10. The number of phenols is 1. The molecule has 5 nitrogen and oxygen atoms in total. The van der Waals surface area contributed by atoms with Crippen molar-refractivity contribution in [3.05, 3.63) is 46.8 Å². The molecule has 0 unspecified atom stereocenters. The van der Waals surface area contributed by atoms with Crippen molar-refractivity contribution in [1.82, 2.24) is 15.1 Å². The van der Waals surface area contributed by atoms with Gasteiger partial charge in [0.25, 0.3) is 5.89 Å². The van der Waals surface area contributed by atoms with Gasteiger partial charge in [-0.25, -0.2) is 4.39 Å². The van der Waals surface area contributed by atoms with E-state index in [-0.39, 0.29) is 23.0 Å². The van der Waals surface area contributed by atoms with Crippen LogP contribution in [0, 0.1) is 5.82 Å². The van der Waals surface area contributed by atoms with Crippen molar-refractivity contribution in [2.75, 3.05) is 0 Å². The summed E-state index contributed by atoms with van der Waals surface area (Å²) in [4.78, 5) is 8.24. The van der Waals surface area contributed by atoms with Crippen molar-refractivity contribution in [1.29, 1.82) is 0 Å². The number of pyridine rings is 1. The average Bonchev–Trinajstić information content (AvgIpc) is 2.91. The first kappa shape index (κ1) is 12.7. The van der Waals surface area contributed by atoms with Crippen molar-refractivity contribution < 1.29 is 14.0 Å². The van der Waals surface area contributed by atoms with Crippen LogP contribution in [0.2, 0.25) is 0 Å². The van der Waals surface area contributed by atoms with Crippen molar-refractivity contribution in [3.8, 4) is 28.7 Å². The third kappa shape index (κ3) is 2.27. The lowest BCUT2D eigenvalue weighted by atomic mass is 10.2. The van der Waals surface area contributed by atoms with Crippen LogP contribution in [0.25, 0.3) is 23.0 Å². The minimum Gasteiger partial charge on any atom is -0.507 e. The number of rotatable bonds is 2. The van der Waals surface area contributed by atoms with Crippen LogP contribution >= 0.6 is 15.9 Å². The van der Waals surface area contributed by atoms with E-state index in [1.54, 1.807) is 18.3 Å². The summed E-state index contributed by atoms with van der Waals surface area (Å²) in [6, 6.07) is 7.04. The highest BCUT2D eigenvalue weighted by Gasteiger charge is 2.16. The molecule has 3 aromatic rings. The van der Waals surface area contributed by atoms with Crippen LogP contribution in [0.4, 0.5) is 4.39 Å². The smallest absolute Gasteiger partial charge is 0.262 e. The largest absolute Gasteiger partial charge is 0.507 e. The fourth-order valence-corrected chi connectivity index (χ4v) is 2.09. The second-order valence-corrected chi connectivity index (χ2v) is 4.77. The molecule has 1 N–H and O–H groups in total. The summed E-state index contributed by atoms with van der Waals surface area (Å²) in [6.45, 7) is 0. The van der Waals surface area contributed by atoms with E-state index in [1.807, 2.05) is 0 Å². The highest BCUT2D eigenvalue weighted by Crippen LogP contribution is 2.31. The Labute approximate surface area is 121 Å². The lowest BCUT2D eigenvalue weighted by molar-refractivity contribution is 0.424. The van der Waals surface area contributed by atoms with Gasteiger partial charge in [-0.1, -0.05) is 5.16 Å². The van der Waals surface area contributed by atoms with Crippen LogP contribution in [-0.2, 0) is 0 Å². The number of phenolic OH excluding ortho intramolecular Hbond substituents is 1. The molecule has 2 heterocycles. The number of aromatic hydroxyl groups is 1. The maximum Gasteiger partial charge on any atom is 0.262 e. The molecule has 0 amide bonds. The molecule has 0 atom stereocenters. The quantitative estimate of drug-likeness (QED) is 0.776. The molecule has 20 heavy (non-hydrogen) atoms. The number of halogens is 2. The Bertz CT molecular complexity index is 776. The van der Waals surface area contributed by atoms with Gasteiger partial charge in [-0.05, 0) is 46.3 Å². The normalized spacial score (nSPS) is 10.7. The predicted molar refractivity (Wildman–Crippen MR) is 72.3 cm³/mol. The Balaban J connectivity index is 2.07. The lowest BCUT2D eigenvalue weighted by Crippen LogP contribution is -1.87. The van der Waals surface area contributed by atoms with Crippen LogP contribution in [0.5, 0.6) is 5.75 Å². The van der Waals surface area contributed by atoms with Crippen molar-refractivity contribution in [2.24, 2.45) is 0 Å². The van der Waals surface area contributed by atoms with Gasteiger partial charge in [-0.3, -0.25) is 4.98 Å². The zero-order valence-corrected chi connectivity index (χ0v) is 11.5. The van der Waals surface area contributed by atoms with Crippen molar-refractivity contribution >= 4 is 15.9 Å². The molecule has 0 saturated carbocycles. The molecule has 7 heteroatoms. The standard InChI is InChI=1S/C13H7BrFN3O2/c14-9-2-1-5-16-11(9)12-17-13(20-18-12)8-6-7(15)3-4-10(8)19/h1-6,19H. The molecule has 0 fully saturated rings. The zero-order valence-electron chi connectivity index (χ0n) is 9.92. The minimum atomic E-state index is -0.503. The number of benzene rings is 1. The van der Waals surface area contributed by atoms with E-state index in [2.05, 4.69) is 31.1 Å². The number of hydrogen-bond acceptors (Lipinski definition) is 5. The summed E-state index contributed by atoms with van der Waals surface area (Å²) >= 11 is 3.33. The van der Waals surface area contributed by atoms with Crippen LogP contribution < -0.4 is 0 Å². The van der Waals surface area contributed by atoms with E-state index in [4.69, 9.17) is 4.52 Å². The fourth-order valence-electron chi connectivity index (χ4n) is 1.66. The molecule has 0 aliphatic heterocycles. The SMILES string of the molecule is Oc1ccc(F)cc1-c1nc(-c2ncccc2Br)no1. The van der Waals surface area contributed by atoms with Crippen LogP contribution in [0.15, 0.2) is 45.5 Å². The zero-order chi connectivity index (χ0) is 14.1. The molecule has 1 aromatic carbocycles. The first-order valence-electron chi connectivity index (χ1n) is 5.58. The van der Waals surface area contributed by atoms with E-state index >= 15 is 0 Å². The van der Waals surface area contributed by atoms with Crippen molar-refractivity contribution in [3.63, 3.8) is 0 Å². The Morgan fingerprint density at radius 1 is 1.25 bits per heavy atom. The molecule has 0 aliphatic rings. The topological polar surface area (TPSA) is 72.0 Å². The maximum absolute atomic E-state index is 13.2. The first-order valence-corrected chi connectivity index (χ1v) is 6.38. The Morgan fingerprint density at radius 3 is 2.90 bits per heavy atom. The van der Waals surface area contributed by atoms with Gasteiger partial charge in [0.15, 0.2) is 0 Å². The Morgan fingerprint density at radius 2 is 2.10 bits per heavy atom. The number of nitrogens with zero attached hydrogens (tertiary/aromatic N) is 3. The van der Waals surface area contributed by atoms with Crippen molar-refractivity contribution in [2.45, 2.75) is 0 Å². The summed E-state index contributed by atoms with van der Waals surface area (Å²) in [5, 5.41) is 13.5. The monoisotopic (exact) mass is 335 g/mol. The summed E-state index contributed by atoms with van der Waals surface area (Å²) < 4.78 is 19.0. The summed E-state index contributed by atoms with van der Waals surface area (Å²) in [5.74, 6) is -0.371. The molecule has 2 aromatic heterocycles. The maximum atomic E-state index is 13.2. The van der Waals surface area contributed by atoms with E-state index in [0.717, 1.165) is 12.1 Å². The third-order valence-corrected chi connectivity index (χ3v) is 3.23. The minimum absolute atomic E-state index is 0.0227. The molecule has 0 radical (unpaired) electrons. The van der Waals surface area contributed by atoms with Gasteiger partial charge in [-0.2, -0.15) is 4.98 Å². The van der Waals surface area contributed by atoms with E-state index < -0.39 is 5.82 Å². The molecule has 3 rings (SSSR count). The van der Waals surface area contributed by atoms with E-state index in [0.29, 0.717) is 10.2 Å². The van der Waals surface area contributed by atoms with Gasteiger partial charge in [0.2, 0.25) is 5.82 Å². The Kier molecular flexibility index (Phi) is 3.19. The van der Waals surface area contributed by atoms with Gasteiger partial charge in [0.1, 0.15) is 17.3 Å². The summed E-state index contributed by atoms with van der Waals surface area (Å²) in [6.07, 6.45) is 1.59. The van der Waals surface area contributed by atoms with Gasteiger partial charge >= 0.3 is 0 Å². The van der Waals surface area contributed by atoms with Crippen LogP contribution in [-0.4, -0.2) is 20.2 Å². The predicted octanol–water partition coefficient (Wildman–Crippen LogP) is 3.41. The molecular formula is C13H7BrFN3O2. The molecule has 100 valence electrons. The van der Waals surface area contributed by atoms with Gasteiger partial charge < -0.3 is 9.63 Å². The Hall–Kier alpha value is -2.28. The molecular weight excluding hydrogens is 329 g/mol. The number of aromatic nitrogens is 3. The number of hydrogen-bond donors (Lipinski definition) is 1. The average molecular weight is 336 g/mol. The van der Waals surface area contributed by atoms with E-state index in [9.17, 15) is 9.50 Å². The summed E-state index contributed by atoms with van der Waals surface area (Å²) in [5.41, 5.74) is 0.634. The first-order chi connectivity index (χ1) is 9.65. The molecule has 0 aliphatic carbocycles. The highest BCUT2D eigenvalue weighted by atomic mass is 79.9. The summed E-state index contributed by atoms with van der Waals surface area (Å²) in [7, 11) is 0. The second-order valence-electron chi connectivity index (χ2n) is 3.92. The van der Waals surface area contributed by atoms with Crippen LogP contribution in [0.1, 0.15) is 0 Å². The lowest BCUT2D eigenvalue weighted by Gasteiger charge is -1.98. The fraction of sp³-hybridized carbons (Fsp3) is 0. The second kappa shape index (κ2) is 5.01. The molecule has 0 bridgehead atoms. The molecule has 0 spiro atoms. The van der Waals surface area contributed by atoms with Gasteiger partial charge in [0.05, 0.1) is 5.56 Å². The van der Waals surface area contributed by atoms with E-state index in [1.165, 1.54) is 6.07 Å².